The molecule has 6 heteroatoms. The third kappa shape index (κ3) is 4.95. The Morgan fingerprint density at radius 2 is 1.45 bits per heavy atom. The smallest absolute Gasteiger partial charge is 0.245 e. The summed E-state index contributed by atoms with van der Waals surface area (Å²) in [6.45, 7) is 12.5. The molecular weight excluding hydrogens is 414 g/mol. The van der Waals surface area contributed by atoms with Crippen LogP contribution in [0.15, 0.2) is 53.5 Å². The van der Waals surface area contributed by atoms with Gasteiger partial charge in [-0.05, 0) is 70.4 Å². The number of guanidine groups is 1. The lowest BCUT2D eigenvalue weighted by molar-refractivity contribution is -0.157. The van der Waals surface area contributed by atoms with Gasteiger partial charge in [-0.25, -0.2) is 4.99 Å². The number of carbonyl (C=O) groups excluding carboxylic acids is 2. The minimum Gasteiger partial charge on any atom is -0.491 e. The van der Waals surface area contributed by atoms with Gasteiger partial charge in [0.2, 0.25) is 17.8 Å². The van der Waals surface area contributed by atoms with Gasteiger partial charge in [-0.1, -0.05) is 43.7 Å². The summed E-state index contributed by atoms with van der Waals surface area (Å²) >= 11 is 0. The third-order valence-corrected chi connectivity index (χ3v) is 6.21. The van der Waals surface area contributed by atoms with Gasteiger partial charge in [-0.2, -0.15) is 0 Å². The van der Waals surface area contributed by atoms with Crippen LogP contribution in [0.25, 0.3) is 0 Å². The minimum absolute atomic E-state index is 0.0764. The van der Waals surface area contributed by atoms with Gasteiger partial charge >= 0.3 is 0 Å². The highest BCUT2D eigenvalue weighted by molar-refractivity contribution is 6.20. The summed E-state index contributed by atoms with van der Waals surface area (Å²) in [5.41, 5.74) is 1.75. The molecule has 2 amide bonds. The fourth-order valence-corrected chi connectivity index (χ4v) is 4.20. The van der Waals surface area contributed by atoms with Gasteiger partial charge < -0.3 is 4.74 Å². The van der Waals surface area contributed by atoms with Crippen LogP contribution in [0.5, 0.6) is 5.75 Å². The van der Waals surface area contributed by atoms with Crippen molar-refractivity contribution in [3.63, 3.8) is 0 Å². The highest BCUT2D eigenvalue weighted by Gasteiger charge is 2.53. The molecule has 1 heterocycles. The summed E-state index contributed by atoms with van der Waals surface area (Å²) in [6.07, 6.45) is 0.986. The Balaban J connectivity index is 2.07. The molecule has 1 aliphatic heterocycles. The topological polar surface area (TPSA) is 62.2 Å². The first-order valence-electron chi connectivity index (χ1n) is 11.8. The Morgan fingerprint density at radius 3 is 1.97 bits per heavy atom. The first-order valence-corrected chi connectivity index (χ1v) is 11.8. The fraction of sp³-hybridized carbons (Fsp3) is 0.444. The zero-order chi connectivity index (χ0) is 24.2. The fourth-order valence-electron chi connectivity index (χ4n) is 4.20. The van der Waals surface area contributed by atoms with Gasteiger partial charge in [0, 0.05) is 6.54 Å². The molecule has 0 atom stereocenters. The number of aliphatic imine (C=N–C) groups is 1. The number of ether oxygens (including phenoxy) is 1. The van der Waals surface area contributed by atoms with Crippen molar-refractivity contribution < 1.29 is 14.3 Å². The van der Waals surface area contributed by atoms with Crippen molar-refractivity contribution in [1.82, 2.24) is 9.80 Å². The highest BCUT2D eigenvalue weighted by atomic mass is 16.5. The van der Waals surface area contributed by atoms with Crippen molar-refractivity contribution in [2.75, 3.05) is 6.54 Å². The monoisotopic (exact) mass is 449 g/mol. The van der Waals surface area contributed by atoms with Crippen LogP contribution in [0.4, 0.5) is 5.69 Å². The SMILES string of the molecule is CCN1C(=O)C(CC)(CC)C(=O)N(Cc2ccc(C)cc2)C1=Nc1ccc(OC(C)C)cc1. The molecule has 0 aromatic heterocycles. The molecule has 0 saturated carbocycles. The summed E-state index contributed by atoms with van der Waals surface area (Å²) in [4.78, 5) is 35.5. The van der Waals surface area contributed by atoms with Crippen LogP contribution in [0, 0.1) is 12.3 Å². The van der Waals surface area contributed by atoms with E-state index in [0.29, 0.717) is 37.6 Å². The minimum atomic E-state index is -1.06. The van der Waals surface area contributed by atoms with E-state index in [1.165, 1.54) is 0 Å². The highest BCUT2D eigenvalue weighted by Crippen LogP contribution is 2.37. The number of hydrogen-bond donors (Lipinski definition) is 0. The number of aryl methyl sites for hydroxylation is 1. The average molecular weight is 450 g/mol. The molecule has 1 saturated heterocycles. The predicted octanol–water partition coefficient (Wildman–Crippen LogP) is 5.47. The third-order valence-electron chi connectivity index (χ3n) is 6.21. The lowest BCUT2D eigenvalue weighted by Gasteiger charge is -2.45. The average Bonchev–Trinajstić information content (AvgIpc) is 2.80. The Morgan fingerprint density at radius 1 is 0.879 bits per heavy atom. The maximum absolute atomic E-state index is 13.8. The van der Waals surface area contributed by atoms with Crippen LogP contribution in [-0.4, -0.2) is 40.2 Å². The van der Waals surface area contributed by atoms with Crippen molar-refractivity contribution >= 4 is 23.5 Å². The second-order valence-electron chi connectivity index (χ2n) is 8.79. The van der Waals surface area contributed by atoms with Crippen LogP contribution in [0.3, 0.4) is 0 Å². The molecule has 1 aliphatic rings. The van der Waals surface area contributed by atoms with E-state index in [2.05, 4.69) is 0 Å². The van der Waals surface area contributed by atoms with E-state index in [1.54, 1.807) is 9.80 Å². The van der Waals surface area contributed by atoms with Crippen LogP contribution in [-0.2, 0) is 16.1 Å². The molecule has 0 spiro atoms. The number of benzene rings is 2. The van der Waals surface area contributed by atoms with Crippen molar-refractivity contribution in [1.29, 1.82) is 0 Å². The second-order valence-corrected chi connectivity index (χ2v) is 8.79. The first kappa shape index (κ1) is 24.5. The zero-order valence-corrected chi connectivity index (χ0v) is 20.6. The predicted molar refractivity (Wildman–Crippen MR) is 131 cm³/mol. The molecule has 1 fully saturated rings. The molecule has 2 aromatic carbocycles. The van der Waals surface area contributed by atoms with E-state index in [0.717, 1.165) is 16.9 Å². The van der Waals surface area contributed by atoms with Gasteiger partial charge in [0.1, 0.15) is 11.2 Å². The molecule has 0 bridgehead atoms. The Bertz CT molecular complexity index is 1010. The van der Waals surface area contributed by atoms with Gasteiger partial charge in [-0.15, -0.1) is 0 Å². The quantitative estimate of drug-likeness (QED) is 0.502. The van der Waals surface area contributed by atoms with Crippen LogP contribution in [0.2, 0.25) is 0 Å². The standard InChI is InChI=1S/C27H35N3O3/c1-7-27(8-2)24(31)29(9-3)26(28-22-14-16-23(17-15-22)33-19(4)5)30(25(27)32)18-21-12-10-20(6)11-13-21/h10-17,19H,7-9,18H2,1-6H3. The lowest BCUT2D eigenvalue weighted by Crippen LogP contribution is -2.65. The van der Waals surface area contributed by atoms with Crippen molar-refractivity contribution in [3.05, 3.63) is 59.7 Å². The maximum Gasteiger partial charge on any atom is 0.245 e. The number of amides is 2. The number of hydrogen-bond acceptors (Lipinski definition) is 4. The van der Waals surface area contributed by atoms with E-state index in [1.807, 2.05) is 90.1 Å². The molecule has 0 unspecified atom stereocenters. The van der Waals surface area contributed by atoms with E-state index < -0.39 is 5.41 Å². The van der Waals surface area contributed by atoms with E-state index in [-0.39, 0.29) is 17.9 Å². The van der Waals surface area contributed by atoms with E-state index in [9.17, 15) is 9.59 Å². The Hall–Kier alpha value is -3.15. The summed E-state index contributed by atoms with van der Waals surface area (Å²) < 4.78 is 5.72. The number of nitrogens with zero attached hydrogens (tertiary/aromatic N) is 3. The van der Waals surface area contributed by atoms with Crippen LogP contribution in [0.1, 0.15) is 58.6 Å². The number of rotatable bonds is 8. The molecule has 2 aromatic rings. The Labute approximate surface area is 197 Å². The van der Waals surface area contributed by atoms with Gasteiger partial charge in [0.25, 0.3) is 0 Å². The number of carbonyl (C=O) groups is 2. The summed E-state index contributed by atoms with van der Waals surface area (Å²) in [5, 5.41) is 0. The second kappa shape index (κ2) is 10.2. The van der Waals surface area contributed by atoms with Crippen LogP contribution < -0.4 is 4.74 Å². The van der Waals surface area contributed by atoms with E-state index >= 15 is 0 Å². The van der Waals surface area contributed by atoms with Gasteiger partial charge in [0.15, 0.2) is 0 Å². The summed E-state index contributed by atoms with van der Waals surface area (Å²) in [7, 11) is 0. The zero-order valence-electron chi connectivity index (χ0n) is 20.6. The largest absolute Gasteiger partial charge is 0.491 e. The molecule has 3 rings (SSSR count). The lowest BCUT2D eigenvalue weighted by atomic mass is 9.77. The normalized spacial score (nSPS) is 17.2. The molecule has 6 nitrogen and oxygen atoms in total. The first-order chi connectivity index (χ1) is 15.7. The summed E-state index contributed by atoms with van der Waals surface area (Å²) in [6, 6.07) is 15.5. The van der Waals surface area contributed by atoms with Gasteiger partial charge in [-0.3, -0.25) is 19.4 Å². The van der Waals surface area contributed by atoms with Crippen molar-refractivity contribution in [2.45, 2.75) is 67.0 Å². The molecule has 0 radical (unpaired) electrons. The summed E-state index contributed by atoms with van der Waals surface area (Å²) in [5.74, 6) is 0.785. The van der Waals surface area contributed by atoms with Gasteiger partial charge in [0.05, 0.1) is 18.3 Å². The molecule has 33 heavy (non-hydrogen) atoms. The van der Waals surface area contributed by atoms with E-state index in [4.69, 9.17) is 9.73 Å². The molecule has 0 N–H and O–H groups in total. The van der Waals surface area contributed by atoms with Crippen LogP contribution >= 0.6 is 0 Å². The maximum atomic E-state index is 13.8. The van der Waals surface area contributed by atoms with Crippen molar-refractivity contribution in [3.8, 4) is 5.75 Å². The Kier molecular flexibility index (Phi) is 7.57. The molecule has 0 aliphatic carbocycles. The molecular formula is C27H35N3O3. The van der Waals surface area contributed by atoms with Crippen molar-refractivity contribution in [2.24, 2.45) is 10.4 Å². The molecule has 176 valence electrons.